The normalized spacial score (nSPS) is 12.1. The van der Waals surface area contributed by atoms with Crippen LogP contribution in [0.3, 0.4) is 0 Å². The molecule has 0 saturated carbocycles. The first kappa shape index (κ1) is 29.5. The predicted octanol–water partition coefficient (Wildman–Crippen LogP) is 15.3. The molecule has 12 aromatic rings. The number of hydrogen-bond acceptors (Lipinski definition) is 0. The molecule has 0 radical (unpaired) electrons. The summed E-state index contributed by atoms with van der Waals surface area (Å²) in [6.45, 7) is 0. The van der Waals surface area contributed by atoms with Gasteiger partial charge in [-0.1, -0.05) is 188 Å². The van der Waals surface area contributed by atoms with E-state index in [0.717, 1.165) is 0 Å². The molecule has 0 fully saturated rings. The highest BCUT2D eigenvalue weighted by atomic mass is 14.3. The minimum Gasteiger partial charge on any atom is -0.0622 e. The SMILES string of the molecule is c1ccc(-c2ccccc2-c2ccc3c4c(-c5ccccc5)c5cc6c7ccccc7c7cccc(c5c(-c5ccccc5)c4c4cccc2c34)c76)cc1. The highest BCUT2D eigenvalue weighted by Crippen LogP contribution is 2.55. The maximum absolute atomic E-state index is 2.52. The van der Waals surface area contributed by atoms with Crippen LogP contribution in [0, 0.1) is 0 Å². The Bertz CT molecular complexity index is 3390. The van der Waals surface area contributed by atoms with E-state index in [4.69, 9.17) is 0 Å². The number of benzene rings is 10. The zero-order valence-electron chi connectivity index (χ0n) is 29.5. The Hall–Kier alpha value is -7.02. The summed E-state index contributed by atoms with van der Waals surface area (Å²) in [4.78, 5) is 0. The molecule has 0 bridgehead atoms. The van der Waals surface area contributed by atoms with E-state index in [0.29, 0.717) is 0 Å². The molecular weight excluding hydrogens is 649 g/mol. The largest absolute Gasteiger partial charge is 0.0622 e. The van der Waals surface area contributed by atoms with Gasteiger partial charge in [0.25, 0.3) is 0 Å². The van der Waals surface area contributed by atoms with Gasteiger partial charge in [-0.05, 0) is 126 Å². The minimum absolute atomic E-state index is 1.23. The molecule has 0 aliphatic heterocycles. The Kier molecular flexibility index (Phi) is 6.15. The van der Waals surface area contributed by atoms with Crippen molar-refractivity contribution in [2.24, 2.45) is 0 Å². The molecule has 0 aromatic heterocycles. The number of fused-ring (bicyclic) bond motifs is 8. The molecule has 0 amide bonds. The van der Waals surface area contributed by atoms with E-state index in [9.17, 15) is 0 Å². The molecule has 0 saturated heterocycles. The quantitative estimate of drug-likeness (QED) is 0.162. The van der Waals surface area contributed by atoms with Crippen LogP contribution < -0.4 is 0 Å². The molecule has 12 rings (SSSR count). The summed E-state index contributed by atoms with van der Waals surface area (Å²) in [5.41, 5.74) is 10.1. The van der Waals surface area contributed by atoms with E-state index in [1.165, 1.54) is 120 Å². The van der Waals surface area contributed by atoms with Gasteiger partial charge in [0.1, 0.15) is 0 Å². The van der Waals surface area contributed by atoms with Crippen LogP contribution in [0.15, 0.2) is 194 Å². The van der Waals surface area contributed by atoms with Gasteiger partial charge >= 0.3 is 0 Å². The van der Waals surface area contributed by atoms with E-state index < -0.39 is 0 Å². The van der Waals surface area contributed by atoms with Crippen molar-refractivity contribution in [3.05, 3.63) is 194 Å². The predicted molar refractivity (Wildman–Crippen MR) is 233 cm³/mol. The first-order chi connectivity index (χ1) is 26.8. The van der Waals surface area contributed by atoms with Crippen molar-refractivity contribution in [3.63, 3.8) is 0 Å². The van der Waals surface area contributed by atoms with Crippen LogP contribution in [0.4, 0.5) is 0 Å². The van der Waals surface area contributed by atoms with Crippen molar-refractivity contribution in [2.75, 3.05) is 0 Å². The molecule has 0 atom stereocenters. The second-order valence-electron chi connectivity index (χ2n) is 14.7. The molecule has 12 aromatic carbocycles. The third kappa shape index (κ3) is 3.97. The summed E-state index contributed by atoms with van der Waals surface area (Å²) in [6.07, 6.45) is 0. The Labute approximate surface area is 312 Å². The molecule has 0 nitrogen and oxygen atoms in total. The summed E-state index contributed by atoms with van der Waals surface area (Å²) in [5, 5.41) is 18.5. The molecule has 0 spiro atoms. The average molecular weight is 681 g/mol. The molecule has 248 valence electrons. The Balaban J connectivity index is 1.34. The second-order valence-corrected chi connectivity index (χ2v) is 14.7. The lowest BCUT2D eigenvalue weighted by Gasteiger charge is -2.19. The molecule has 0 heteroatoms. The van der Waals surface area contributed by atoms with Gasteiger partial charge in [-0.25, -0.2) is 0 Å². The smallest absolute Gasteiger partial charge is 0.000719 e. The van der Waals surface area contributed by atoms with Crippen molar-refractivity contribution in [3.8, 4) is 44.5 Å². The minimum atomic E-state index is 1.23. The van der Waals surface area contributed by atoms with Crippen LogP contribution in [-0.4, -0.2) is 0 Å². The lowest BCUT2D eigenvalue weighted by molar-refractivity contribution is 1.60. The summed E-state index contributed by atoms with van der Waals surface area (Å²) < 4.78 is 0. The van der Waals surface area contributed by atoms with E-state index in [-0.39, 0.29) is 0 Å². The molecule has 0 N–H and O–H groups in total. The average Bonchev–Trinajstić information content (AvgIpc) is 3.75. The van der Waals surface area contributed by atoms with Crippen LogP contribution >= 0.6 is 0 Å². The van der Waals surface area contributed by atoms with E-state index in [2.05, 4.69) is 194 Å². The van der Waals surface area contributed by atoms with Crippen LogP contribution in [0.2, 0.25) is 0 Å². The first-order valence-electron chi connectivity index (χ1n) is 18.9. The van der Waals surface area contributed by atoms with Gasteiger partial charge in [-0.15, -0.1) is 0 Å². The van der Waals surface area contributed by atoms with Gasteiger partial charge in [0.2, 0.25) is 0 Å². The van der Waals surface area contributed by atoms with Crippen molar-refractivity contribution >= 4 is 75.4 Å². The van der Waals surface area contributed by atoms with Crippen molar-refractivity contribution in [2.45, 2.75) is 0 Å². The van der Waals surface area contributed by atoms with Gasteiger partial charge < -0.3 is 0 Å². The fourth-order valence-electron chi connectivity index (χ4n) is 9.83. The zero-order chi connectivity index (χ0) is 35.3. The molecule has 0 heterocycles. The monoisotopic (exact) mass is 680 g/mol. The standard InChI is InChI=1S/C54H32/c1-4-16-33(17-5-1)36-22-10-11-23-37(36)40-30-31-45-50-42(40)27-15-29-44(50)54-49(35-20-8-3-9-21-35)52-43-28-14-26-41-38-24-12-13-25-39(38)46(51(41)43)32-47(52)48(53(45)54)34-18-6-2-7-19-34/h1-32H. The van der Waals surface area contributed by atoms with Crippen molar-refractivity contribution in [1.29, 1.82) is 0 Å². The lowest BCUT2D eigenvalue weighted by atomic mass is 9.84. The number of rotatable bonds is 4. The second kappa shape index (κ2) is 11.2. The highest BCUT2D eigenvalue weighted by Gasteiger charge is 2.27. The van der Waals surface area contributed by atoms with Gasteiger partial charge in [0.05, 0.1) is 0 Å². The zero-order valence-corrected chi connectivity index (χ0v) is 29.5. The van der Waals surface area contributed by atoms with Gasteiger partial charge in [0, 0.05) is 0 Å². The van der Waals surface area contributed by atoms with E-state index in [1.54, 1.807) is 0 Å². The maximum atomic E-state index is 2.52. The fraction of sp³-hybridized carbons (Fsp3) is 0. The first-order valence-corrected chi connectivity index (χ1v) is 18.9. The topological polar surface area (TPSA) is 0 Å². The van der Waals surface area contributed by atoms with Crippen molar-refractivity contribution in [1.82, 2.24) is 0 Å². The third-order valence-corrected chi connectivity index (χ3v) is 11.9. The Morgan fingerprint density at radius 1 is 0.185 bits per heavy atom. The van der Waals surface area contributed by atoms with Crippen LogP contribution in [0.25, 0.3) is 120 Å². The molecular formula is C54H32. The summed E-state index contributed by atoms with van der Waals surface area (Å²) in [7, 11) is 0. The maximum Gasteiger partial charge on any atom is -0.000719 e. The third-order valence-electron chi connectivity index (χ3n) is 11.9. The van der Waals surface area contributed by atoms with Crippen LogP contribution in [-0.2, 0) is 0 Å². The fourth-order valence-corrected chi connectivity index (χ4v) is 9.83. The van der Waals surface area contributed by atoms with E-state index >= 15 is 0 Å². The molecule has 54 heavy (non-hydrogen) atoms. The van der Waals surface area contributed by atoms with E-state index in [1.807, 2.05) is 0 Å². The van der Waals surface area contributed by atoms with Crippen molar-refractivity contribution < 1.29 is 0 Å². The van der Waals surface area contributed by atoms with Gasteiger partial charge in [-0.3, -0.25) is 0 Å². The number of hydrogen-bond donors (Lipinski definition) is 0. The summed E-state index contributed by atoms with van der Waals surface area (Å²) in [6, 6.07) is 72.1. The lowest BCUT2D eigenvalue weighted by Crippen LogP contribution is -1.91. The Morgan fingerprint density at radius 3 is 1.35 bits per heavy atom. The molecule has 0 aliphatic carbocycles. The summed E-state index contributed by atoms with van der Waals surface area (Å²) >= 11 is 0. The van der Waals surface area contributed by atoms with Crippen LogP contribution in [0.1, 0.15) is 0 Å². The van der Waals surface area contributed by atoms with Gasteiger partial charge in [0.15, 0.2) is 0 Å². The molecule has 0 aliphatic rings. The summed E-state index contributed by atoms with van der Waals surface area (Å²) in [5.74, 6) is 0. The highest BCUT2D eigenvalue weighted by molar-refractivity contribution is 6.45. The van der Waals surface area contributed by atoms with Crippen LogP contribution in [0.5, 0.6) is 0 Å². The Morgan fingerprint density at radius 2 is 0.648 bits per heavy atom. The van der Waals surface area contributed by atoms with Gasteiger partial charge in [-0.2, -0.15) is 0 Å². The molecule has 0 unspecified atom stereocenters.